The summed E-state index contributed by atoms with van der Waals surface area (Å²) in [4.78, 5) is 25.1. The van der Waals surface area contributed by atoms with Crippen molar-refractivity contribution in [3.05, 3.63) is 0 Å². The number of piperidine rings is 1. The predicted octanol–water partition coefficient (Wildman–Crippen LogP) is 1.98. The van der Waals surface area contributed by atoms with Gasteiger partial charge in [0.15, 0.2) is 0 Å². The molecule has 2 unspecified atom stereocenters. The Bertz CT molecular complexity index is 380. The summed E-state index contributed by atoms with van der Waals surface area (Å²) in [5.74, 6) is -0.798. The molecule has 0 saturated carbocycles. The van der Waals surface area contributed by atoms with Crippen molar-refractivity contribution in [2.24, 2.45) is 0 Å². The Hall–Kier alpha value is -1.30. The van der Waals surface area contributed by atoms with E-state index in [1.54, 1.807) is 0 Å². The van der Waals surface area contributed by atoms with Crippen LogP contribution in [0.4, 0.5) is 4.79 Å². The second-order valence-corrected chi connectivity index (χ2v) is 6.42. The molecule has 0 aromatic heterocycles. The number of carboxylic acid groups (broad SMARTS) is 1. The van der Waals surface area contributed by atoms with E-state index in [9.17, 15) is 9.59 Å². The molecule has 2 aliphatic rings. The highest BCUT2D eigenvalue weighted by Crippen LogP contribution is 2.23. The Morgan fingerprint density at radius 2 is 2.19 bits per heavy atom. The van der Waals surface area contributed by atoms with Crippen LogP contribution in [0.15, 0.2) is 0 Å². The van der Waals surface area contributed by atoms with Crippen LogP contribution in [0.2, 0.25) is 0 Å². The van der Waals surface area contributed by atoms with E-state index in [2.05, 4.69) is 5.32 Å². The fourth-order valence-electron chi connectivity index (χ4n) is 3.22. The minimum atomic E-state index is -0.798. The number of hydrogen-bond donors (Lipinski definition) is 2. The number of urea groups is 1. The summed E-state index contributed by atoms with van der Waals surface area (Å²) in [5, 5.41) is 11.9. The van der Waals surface area contributed by atoms with Gasteiger partial charge in [-0.25, -0.2) is 4.79 Å². The fourth-order valence-corrected chi connectivity index (χ4v) is 3.22. The van der Waals surface area contributed by atoms with Crippen LogP contribution in [0.25, 0.3) is 0 Å². The Kier molecular flexibility index (Phi) is 5.45. The van der Waals surface area contributed by atoms with Gasteiger partial charge in [0.2, 0.25) is 0 Å². The number of aliphatic carboxylic acids is 1. The maximum Gasteiger partial charge on any atom is 0.318 e. The van der Waals surface area contributed by atoms with Crippen LogP contribution in [0.3, 0.4) is 0 Å². The fraction of sp³-hybridized carbons (Fsp3) is 0.867. The van der Waals surface area contributed by atoms with Crippen molar-refractivity contribution < 1.29 is 19.4 Å². The molecule has 6 heteroatoms. The van der Waals surface area contributed by atoms with Crippen molar-refractivity contribution >= 4 is 12.0 Å². The Labute approximate surface area is 125 Å². The predicted molar refractivity (Wildman–Crippen MR) is 78.2 cm³/mol. The maximum absolute atomic E-state index is 12.5. The molecule has 2 N–H and O–H groups in total. The molecule has 0 bridgehead atoms. The molecule has 2 saturated heterocycles. The number of carbonyl (C=O) groups excluding carboxylic acids is 1. The molecule has 21 heavy (non-hydrogen) atoms. The third-order valence-corrected chi connectivity index (χ3v) is 4.43. The van der Waals surface area contributed by atoms with Crippen LogP contribution in [-0.4, -0.2) is 53.3 Å². The number of carboxylic acids is 1. The molecule has 2 rings (SSSR count). The number of likely N-dealkylation sites (tertiary alicyclic amines) is 1. The van der Waals surface area contributed by atoms with E-state index in [-0.39, 0.29) is 24.0 Å². The molecule has 0 aromatic carbocycles. The normalized spacial score (nSPS) is 30.0. The highest BCUT2D eigenvalue weighted by molar-refractivity contribution is 5.75. The third-order valence-electron chi connectivity index (χ3n) is 4.43. The van der Waals surface area contributed by atoms with E-state index in [1.165, 1.54) is 0 Å². The van der Waals surface area contributed by atoms with E-state index < -0.39 is 5.97 Å². The second-order valence-electron chi connectivity index (χ2n) is 6.42. The van der Waals surface area contributed by atoms with Gasteiger partial charge in [0.05, 0.1) is 12.1 Å². The standard InChI is InChI=1S/C15H26N2O4/c1-15(8-4-10-21-11-15)16-14(20)17-9-3-2-5-12(17)6-7-13(18)19/h12H,2-11H2,1H3,(H,16,20)(H,18,19). The first-order valence-electron chi connectivity index (χ1n) is 7.88. The van der Waals surface area contributed by atoms with Crippen molar-refractivity contribution in [3.63, 3.8) is 0 Å². The van der Waals surface area contributed by atoms with Gasteiger partial charge in [-0.2, -0.15) is 0 Å². The summed E-state index contributed by atoms with van der Waals surface area (Å²) >= 11 is 0. The summed E-state index contributed by atoms with van der Waals surface area (Å²) < 4.78 is 5.47. The molecule has 2 fully saturated rings. The smallest absolute Gasteiger partial charge is 0.318 e. The molecule has 2 aliphatic heterocycles. The zero-order chi connectivity index (χ0) is 15.3. The van der Waals surface area contributed by atoms with Gasteiger partial charge in [-0.3, -0.25) is 4.79 Å². The van der Waals surface area contributed by atoms with Crippen molar-refractivity contribution in [1.82, 2.24) is 10.2 Å². The van der Waals surface area contributed by atoms with Crippen LogP contribution in [-0.2, 0) is 9.53 Å². The van der Waals surface area contributed by atoms with Crippen LogP contribution in [0, 0.1) is 0 Å². The first-order chi connectivity index (χ1) is 10.0. The Balaban J connectivity index is 1.92. The molecule has 2 atom stereocenters. The highest BCUT2D eigenvalue weighted by atomic mass is 16.5. The lowest BCUT2D eigenvalue weighted by Crippen LogP contribution is -2.58. The van der Waals surface area contributed by atoms with Crippen molar-refractivity contribution in [2.75, 3.05) is 19.8 Å². The number of rotatable bonds is 4. The number of ether oxygens (including phenoxy) is 1. The number of nitrogens with one attached hydrogen (secondary N) is 1. The van der Waals surface area contributed by atoms with Gasteiger partial charge in [0, 0.05) is 25.6 Å². The van der Waals surface area contributed by atoms with Crippen LogP contribution in [0.5, 0.6) is 0 Å². The minimum Gasteiger partial charge on any atom is -0.481 e. The van der Waals surface area contributed by atoms with Gasteiger partial charge in [-0.15, -0.1) is 0 Å². The van der Waals surface area contributed by atoms with E-state index in [0.717, 1.165) is 38.7 Å². The topological polar surface area (TPSA) is 78.9 Å². The molecule has 0 spiro atoms. The van der Waals surface area contributed by atoms with Gasteiger partial charge in [0.1, 0.15) is 0 Å². The van der Waals surface area contributed by atoms with Crippen molar-refractivity contribution in [2.45, 2.75) is 63.5 Å². The summed E-state index contributed by atoms with van der Waals surface area (Å²) in [6.07, 6.45) is 5.49. The van der Waals surface area contributed by atoms with Crippen molar-refractivity contribution in [3.8, 4) is 0 Å². The van der Waals surface area contributed by atoms with Crippen LogP contribution in [0.1, 0.15) is 51.9 Å². The van der Waals surface area contributed by atoms with Gasteiger partial charge in [-0.05, 0) is 45.4 Å². The number of nitrogens with zero attached hydrogens (tertiary/aromatic N) is 1. The van der Waals surface area contributed by atoms with E-state index in [1.807, 2.05) is 11.8 Å². The number of carbonyl (C=O) groups is 2. The molecule has 0 aromatic rings. The lowest BCUT2D eigenvalue weighted by Gasteiger charge is -2.40. The lowest BCUT2D eigenvalue weighted by atomic mass is 9.94. The first-order valence-corrected chi connectivity index (χ1v) is 7.88. The monoisotopic (exact) mass is 298 g/mol. The summed E-state index contributed by atoms with van der Waals surface area (Å²) in [6.45, 7) is 4.04. The Morgan fingerprint density at radius 3 is 2.86 bits per heavy atom. The van der Waals surface area contributed by atoms with Gasteiger partial charge >= 0.3 is 12.0 Å². The molecule has 2 amide bonds. The molecule has 0 radical (unpaired) electrons. The zero-order valence-corrected chi connectivity index (χ0v) is 12.8. The minimum absolute atomic E-state index is 0.0444. The van der Waals surface area contributed by atoms with Gasteiger partial charge < -0.3 is 20.1 Å². The quantitative estimate of drug-likeness (QED) is 0.832. The summed E-state index contributed by atoms with van der Waals surface area (Å²) in [5.41, 5.74) is -0.301. The molecule has 6 nitrogen and oxygen atoms in total. The van der Waals surface area contributed by atoms with Crippen molar-refractivity contribution in [1.29, 1.82) is 0 Å². The summed E-state index contributed by atoms with van der Waals surface area (Å²) in [7, 11) is 0. The SMILES string of the molecule is CC1(NC(=O)N2CCCCC2CCC(=O)O)CCCOC1. The average molecular weight is 298 g/mol. The van der Waals surface area contributed by atoms with Crippen LogP contribution < -0.4 is 5.32 Å². The average Bonchev–Trinajstić information content (AvgIpc) is 2.45. The largest absolute Gasteiger partial charge is 0.481 e. The first kappa shape index (κ1) is 16.1. The van der Waals surface area contributed by atoms with E-state index in [4.69, 9.17) is 9.84 Å². The van der Waals surface area contributed by atoms with Gasteiger partial charge in [-0.1, -0.05) is 0 Å². The Morgan fingerprint density at radius 1 is 1.38 bits per heavy atom. The maximum atomic E-state index is 12.5. The van der Waals surface area contributed by atoms with Crippen LogP contribution >= 0.6 is 0 Å². The molecule has 120 valence electrons. The number of amides is 2. The molecule has 0 aliphatic carbocycles. The number of hydrogen-bond acceptors (Lipinski definition) is 3. The molecular weight excluding hydrogens is 272 g/mol. The third kappa shape index (κ3) is 4.59. The lowest BCUT2D eigenvalue weighted by molar-refractivity contribution is -0.137. The second kappa shape index (κ2) is 7.11. The van der Waals surface area contributed by atoms with Gasteiger partial charge in [0.25, 0.3) is 0 Å². The summed E-state index contributed by atoms with van der Waals surface area (Å²) in [6, 6.07) is -0.0268. The highest BCUT2D eigenvalue weighted by Gasteiger charge is 2.34. The van der Waals surface area contributed by atoms with E-state index >= 15 is 0 Å². The molecular formula is C15H26N2O4. The van der Waals surface area contributed by atoms with E-state index in [0.29, 0.717) is 19.6 Å². The zero-order valence-electron chi connectivity index (χ0n) is 12.8. The molecule has 2 heterocycles.